The Bertz CT molecular complexity index is 647. The van der Waals surface area contributed by atoms with Crippen molar-refractivity contribution in [3.8, 4) is 0 Å². The van der Waals surface area contributed by atoms with Crippen LogP contribution in [0.25, 0.3) is 0 Å². The van der Waals surface area contributed by atoms with Gasteiger partial charge >= 0.3 is 5.97 Å². The highest BCUT2D eigenvalue weighted by Gasteiger charge is 2.13. The van der Waals surface area contributed by atoms with Crippen LogP contribution in [-0.2, 0) is 4.74 Å². The number of esters is 1. The largest absolute Gasteiger partial charge is 0.465 e. The Morgan fingerprint density at radius 3 is 2.75 bits per heavy atom. The van der Waals surface area contributed by atoms with Gasteiger partial charge in [-0.3, -0.25) is 9.78 Å². The van der Waals surface area contributed by atoms with Crippen molar-refractivity contribution in [2.75, 3.05) is 12.4 Å². The van der Waals surface area contributed by atoms with Crippen molar-refractivity contribution in [3.05, 3.63) is 53.1 Å². The minimum atomic E-state index is -0.578. The van der Waals surface area contributed by atoms with Crippen LogP contribution in [0.1, 0.15) is 20.8 Å². The number of carbonyl (C=O) groups excluding carboxylic acids is 2. The van der Waals surface area contributed by atoms with Gasteiger partial charge < -0.3 is 10.1 Å². The van der Waals surface area contributed by atoms with Crippen molar-refractivity contribution in [3.63, 3.8) is 0 Å². The molecule has 1 N–H and O–H groups in total. The molecule has 2 rings (SSSR count). The second-order valence-electron chi connectivity index (χ2n) is 3.73. The van der Waals surface area contributed by atoms with E-state index in [1.165, 1.54) is 37.8 Å². The molecule has 0 aliphatic carbocycles. The SMILES string of the molecule is COC(=O)c1cc(NC(=O)c2cnccn2)ccc1Cl. The van der Waals surface area contributed by atoms with Crippen LogP contribution in [0.3, 0.4) is 0 Å². The quantitative estimate of drug-likeness (QED) is 0.877. The number of methoxy groups -OCH3 is 1. The molecule has 6 nitrogen and oxygen atoms in total. The van der Waals surface area contributed by atoms with Crippen LogP contribution in [0.4, 0.5) is 5.69 Å². The fourth-order valence-corrected chi connectivity index (χ4v) is 1.68. The molecule has 0 saturated carbocycles. The maximum atomic E-state index is 11.9. The van der Waals surface area contributed by atoms with Crippen molar-refractivity contribution < 1.29 is 14.3 Å². The second-order valence-corrected chi connectivity index (χ2v) is 4.14. The summed E-state index contributed by atoms with van der Waals surface area (Å²) in [7, 11) is 1.25. The van der Waals surface area contributed by atoms with Crippen LogP contribution in [-0.4, -0.2) is 29.0 Å². The van der Waals surface area contributed by atoms with Crippen LogP contribution in [0.2, 0.25) is 5.02 Å². The number of halogens is 1. The minimum Gasteiger partial charge on any atom is -0.465 e. The third-order valence-electron chi connectivity index (χ3n) is 2.43. The first-order chi connectivity index (χ1) is 9.61. The molecule has 0 spiro atoms. The molecule has 1 aromatic heterocycles. The zero-order valence-corrected chi connectivity index (χ0v) is 11.2. The van der Waals surface area contributed by atoms with Crippen LogP contribution in [0, 0.1) is 0 Å². The molecule has 0 aliphatic rings. The molecule has 0 radical (unpaired) electrons. The Morgan fingerprint density at radius 2 is 2.10 bits per heavy atom. The summed E-state index contributed by atoms with van der Waals surface area (Å²) in [5.74, 6) is -1.01. The van der Waals surface area contributed by atoms with Gasteiger partial charge in [-0.05, 0) is 18.2 Å². The summed E-state index contributed by atoms with van der Waals surface area (Å²) in [4.78, 5) is 31.1. The van der Waals surface area contributed by atoms with E-state index in [0.29, 0.717) is 5.69 Å². The summed E-state index contributed by atoms with van der Waals surface area (Å²) in [6, 6.07) is 4.51. The number of benzene rings is 1. The topological polar surface area (TPSA) is 81.2 Å². The standard InChI is InChI=1S/C13H10ClN3O3/c1-20-13(19)9-6-8(2-3-10(9)14)17-12(18)11-7-15-4-5-16-11/h2-7H,1H3,(H,17,18). The maximum Gasteiger partial charge on any atom is 0.339 e. The van der Waals surface area contributed by atoms with E-state index in [4.69, 9.17) is 11.6 Å². The fraction of sp³-hybridized carbons (Fsp3) is 0.0769. The van der Waals surface area contributed by atoms with E-state index < -0.39 is 11.9 Å². The van der Waals surface area contributed by atoms with Gasteiger partial charge in [0, 0.05) is 18.1 Å². The molecule has 20 heavy (non-hydrogen) atoms. The minimum absolute atomic E-state index is 0.169. The van der Waals surface area contributed by atoms with Gasteiger partial charge in [-0.1, -0.05) is 11.6 Å². The zero-order chi connectivity index (χ0) is 14.5. The molecule has 0 atom stereocenters. The Morgan fingerprint density at radius 1 is 1.30 bits per heavy atom. The van der Waals surface area contributed by atoms with Gasteiger partial charge in [0.15, 0.2) is 0 Å². The maximum absolute atomic E-state index is 11.9. The number of anilines is 1. The highest BCUT2D eigenvalue weighted by atomic mass is 35.5. The van der Waals surface area contributed by atoms with Crippen LogP contribution >= 0.6 is 11.6 Å². The Hall–Kier alpha value is -2.47. The molecular weight excluding hydrogens is 282 g/mol. The number of hydrogen-bond donors (Lipinski definition) is 1. The van der Waals surface area contributed by atoms with E-state index in [1.54, 1.807) is 6.07 Å². The lowest BCUT2D eigenvalue weighted by Crippen LogP contribution is -2.14. The highest BCUT2D eigenvalue weighted by Crippen LogP contribution is 2.21. The Labute approximate surface area is 119 Å². The summed E-state index contributed by atoms with van der Waals surface area (Å²) in [5, 5.41) is 2.84. The molecule has 0 unspecified atom stereocenters. The van der Waals surface area contributed by atoms with Crippen molar-refractivity contribution in [2.24, 2.45) is 0 Å². The molecule has 7 heteroatoms. The molecule has 0 fully saturated rings. The van der Waals surface area contributed by atoms with E-state index in [2.05, 4.69) is 20.0 Å². The van der Waals surface area contributed by atoms with E-state index in [0.717, 1.165) is 0 Å². The number of aromatic nitrogens is 2. The molecule has 1 amide bonds. The number of carbonyl (C=O) groups is 2. The molecule has 102 valence electrons. The summed E-state index contributed by atoms with van der Waals surface area (Å²) < 4.78 is 4.60. The molecule has 0 aliphatic heterocycles. The molecule has 0 saturated heterocycles. The number of hydrogen-bond acceptors (Lipinski definition) is 5. The van der Waals surface area contributed by atoms with Gasteiger partial charge in [0.05, 0.1) is 23.9 Å². The average molecular weight is 292 g/mol. The van der Waals surface area contributed by atoms with Gasteiger partial charge in [-0.15, -0.1) is 0 Å². The molecular formula is C13H10ClN3O3. The van der Waals surface area contributed by atoms with Gasteiger partial charge in [0.2, 0.25) is 0 Å². The van der Waals surface area contributed by atoms with Crippen LogP contribution < -0.4 is 5.32 Å². The summed E-state index contributed by atoms with van der Waals surface area (Å²) >= 11 is 5.89. The second kappa shape index (κ2) is 6.12. The van der Waals surface area contributed by atoms with E-state index in [9.17, 15) is 9.59 Å². The predicted octanol–water partition coefficient (Wildman–Crippen LogP) is 2.17. The van der Waals surface area contributed by atoms with E-state index in [1.807, 2.05) is 0 Å². The van der Waals surface area contributed by atoms with Gasteiger partial charge in [-0.2, -0.15) is 0 Å². The highest BCUT2D eigenvalue weighted by molar-refractivity contribution is 6.33. The van der Waals surface area contributed by atoms with E-state index in [-0.39, 0.29) is 16.3 Å². The van der Waals surface area contributed by atoms with Crippen molar-refractivity contribution in [1.82, 2.24) is 9.97 Å². The van der Waals surface area contributed by atoms with E-state index >= 15 is 0 Å². The zero-order valence-electron chi connectivity index (χ0n) is 10.5. The van der Waals surface area contributed by atoms with Crippen molar-refractivity contribution in [2.45, 2.75) is 0 Å². The lowest BCUT2D eigenvalue weighted by Gasteiger charge is -2.07. The Kier molecular flexibility index (Phi) is 4.27. The predicted molar refractivity (Wildman–Crippen MR) is 72.8 cm³/mol. The first-order valence-electron chi connectivity index (χ1n) is 5.57. The van der Waals surface area contributed by atoms with Gasteiger partial charge in [0.1, 0.15) is 5.69 Å². The number of nitrogens with zero attached hydrogens (tertiary/aromatic N) is 2. The Balaban J connectivity index is 2.22. The molecule has 1 heterocycles. The lowest BCUT2D eigenvalue weighted by atomic mass is 10.2. The molecule has 2 aromatic rings. The van der Waals surface area contributed by atoms with Gasteiger partial charge in [-0.25, -0.2) is 9.78 Å². The monoisotopic (exact) mass is 291 g/mol. The number of nitrogens with one attached hydrogen (secondary N) is 1. The third-order valence-corrected chi connectivity index (χ3v) is 2.75. The van der Waals surface area contributed by atoms with Crippen LogP contribution in [0.5, 0.6) is 0 Å². The number of rotatable bonds is 3. The summed E-state index contributed by atoms with van der Waals surface area (Å²) in [5.41, 5.74) is 0.749. The average Bonchev–Trinajstić information content (AvgIpc) is 2.49. The lowest BCUT2D eigenvalue weighted by molar-refractivity contribution is 0.0600. The first-order valence-corrected chi connectivity index (χ1v) is 5.95. The number of ether oxygens (including phenoxy) is 1. The molecule has 0 bridgehead atoms. The smallest absolute Gasteiger partial charge is 0.339 e. The van der Waals surface area contributed by atoms with Crippen molar-refractivity contribution in [1.29, 1.82) is 0 Å². The van der Waals surface area contributed by atoms with Crippen molar-refractivity contribution >= 4 is 29.2 Å². The third kappa shape index (κ3) is 3.10. The summed E-state index contributed by atoms with van der Waals surface area (Å²) in [6.07, 6.45) is 4.22. The number of amides is 1. The van der Waals surface area contributed by atoms with Gasteiger partial charge in [0.25, 0.3) is 5.91 Å². The molecule has 1 aromatic carbocycles. The normalized spacial score (nSPS) is 9.90. The summed E-state index contributed by atoms with van der Waals surface area (Å²) in [6.45, 7) is 0. The van der Waals surface area contributed by atoms with Crippen LogP contribution in [0.15, 0.2) is 36.8 Å². The fourth-order valence-electron chi connectivity index (χ4n) is 1.48. The first kappa shape index (κ1) is 14.0.